The summed E-state index contributed by atoms with van der Waals surface area (Å²) in [6, 6.07) is 17.6. The Bertz CT molecular complexity index is 1310. The topological polar surface area (TPSA) is 99.7 Å². The van der Waals surface area contributed by atoms with Crippen molar-refractivity contribution < 1.29 is 28.2 Å². The summed E-state index contributed by atoms with van der Waals surface area (Å²) >= 11 is 0. The molecule has 1 saturated carbocycles. The van der Waals surface area contributed by atoms with E-state index in [-0.39, 0.29) is 17.4 Å². The van der Waals surface area contributed by atoms with E-state index in [4.69, 9.17) is 4.74 Å². The Morgan fingerprint density at radius 3 is 2.08 bits per heavy atom. The van der Waals surface area contributed by atoms with Crippen molar-refractivity contribution in [3.05, 3.63) is 89.5 Å². The third-order valence-electron chi connectivity index (χ3n) is 7.79. The highest BCUT2D eigenvalue weighted by atomic mass is 19.2. The van der Waals surface area contributed by atoms with Crippen molar-refractivity contribution in [2.24, 2.45) is 11.8 Å². The molecule has 1 aliphatic heterocycles. The molecule has 204 valence electrons. The second-order valence-corrected chi connectivity index (χ2v) is 10.2. The average molecular weight is 536 g/mol. The first-order valence-corrected chi connectivity index (χ1v) is 13.1. The maximum atomic E-state index is 14.3. The van der Waals surface area contributed by atoms with E-state index in [1.807, 2.05) is 30.3 Å². The molecule has 1 heterocycles. The monoisotopic (exact) mass is 535 g/mol. The van der Waals surface area contributed by atoms with E-state index in [9.17, 15) is 23.5 Å². The van der Waals surface area contributed by atoms with Gasteiger partial charge in [-0.05, 0) is 48.6 Å². The van der Waals surface area contributed by atoms with Gasteiger partial charge in [-0.15, -0.1) is 0 Å². The standard InChI is InChI=1S/C30H31F2N3O4/c1-39-27(19-10-6-3-7-11-19)30(34-24-16-22(31)23(32)17-25(24)35-30)26(18-8-4-2-5-9-18)28(36)33-21-14-12-20(13-15-21)29(37)38/h3,6-7,10-18,26-27,34-35H,2,4-5,8-9H2,1H3,(H,33,36)(H,37,38)/t26-,27?/m1/s1. The molecule has 5 rings (SSSR count). The van der Waals surface area contributed by atoms with Crippen LogP contribution in [0.2, 0.25) is 0 Å². The molecular weight excluding hydrogens is 504 g/mol. The van der Waals surface area contributed by atoms with Crippen molar-refractivity contribution in [1.29, 1.82) is 0 Å². The number of carbonyl (C=O) groups is 2. The Labute approximate surface area is 225 Å². The van der Waals surface area contributed by atoms with E-state index in [2.05, 4.69) is 16.0 Å². The van der Waals surface area contributed by atoms with Gasteiger partial charge in [-0.3, -0.25) is 4.79 Å². The summed E-state index contributed by atoms with van der Waals surface area (Å²) in [5.74, 6) is -4.16. The van der Waals surface area contributed by atoms with Crippen LogP contribution in [0.5, 0.6) is 0 Å². The first kappa shape index (κ1) is 26.6. The summed E-state index contributed by atoms with van der Waals surface area (Å²) in [6.07, 6.45) is 3.85. The molecule has 0 bridgehead atoms. The summed E-state index contributed by atoms with van der Waals surface area (Å²) in [4.78, 5) is 25.5. The van der Waals surface area contributed by atoms with E-state index >= 15 is 0 Å². The molecule has 0 saturated heterocycles. The molecule has 1 fully saturated rings. The van der Waals surface area contributed by atoms with Crippen molar-refractivity contribution in [3.8, 4) is 0 Å². The highest BCUT2D eigenvalue weighted by Gasteiger charge is 2.56. The minimum atomic E-state index is -1.29. The zero-order valence-corrected chi connectivity index (χ0v) is 21.5. The van der Waals surface area contributed by atoms with Gasteiger partial charge in [-0.2, -0.15) is 0 Å². The number of hydrogen-bond acceptors (Lipinski definition) is 5. The van der Waals surface area contributed by atoms with Crippen LogP contribution in [0.3, 0.4) is 0 Å². The number of hydrogen-bond donors (Lipinski definition) is 4. The Morgan fingerprint density at radius 1 is 0.949 bits per heavy atom. The lowest BCUT2D eigenvalue weighted by molar-refractivity contribution is -0.126. The molecule has 0 radical (unpaired) electrons. The van der Waals surface area contributed by atoms with E-state index in [1.54, 1.807) is 19.2 Å². The molecule has 1 unspecified atom stereocenters. The summed E-state index contributed by atoms with van der Waals surface area (Å²) < 4.78 is 34.7. The molecule has 0 aromatic heterocycles. The predicted molar refractivity (Wildman–Crippen MR) is 145 cm³/mol. The van der Waals surface area contributed by atoms with Crippen LogP contribution < -0.4 is 16.0 Å². The Hall–Kier alpha value is -3.98. The van der Waals surface area contributed by atoms with Crippen LogP contribution in [0, 0.1) is 23.5 Å². The number of carboxylic acid groups (broad SMARTS) is 1. The van der Waals surface area contributed by atoms with Crippen molar-refractivity contribution in [2.75, 3.05) is 23.1 Å². The maximum absolute atomic E-state index is 14.3. The number of halogens is 2. The van der Waals surface area contributed by atoms with Gasteiger partial charge < -0.3 is 25.8 Å². The zero-order valence-electron chi connectivity index (χ0n) is 21.5. The normalized spacial score (nSPS) is 17.8. The fourth-order valence-electron chi connectivity index (χ4n) is 6.07. The van der Waals surface area contributed by atoms with Gasteiger partial charge in [0.2, 0.25) is 5.91 Å². The van der Waals surface area contributed by atoms with Gasteiger partial charge in [0.25, 0.3) is 0 Å². The number of rotatable bonds is 8. The van der Waals surface area contributed by atoms with Gasteiger partial charge in [-0.25, -0.2) is 13.6 Å². The summed E-state index contributed by atoms with van der Waals surface area (Å²) in [5.41, 5.74) is 0.731. The summed E-state index contributed by atoms with van der Waals surface area (Å²) in [7, 11) is 1.55. The molecular formula is C30H31F2N3O4. The minimum Gasteiger partial charge on any atom is -0.478 e. The third kappa shape index (κ3) is 5.18. The first-order valence-electron chi connectivity index (χ1n) is 13.1. The van der Waals surface area contributed by atoms with E-state index in [0.29, 0.717) is 17.1 Å². The number of methoxy groups -OCH3 is 1. The second kappa shape index (κ2) is 11.0. The third-order valence-corrected chi connectivity index (χ3v) is 7.79. The van der Waals surface area contributed by atoms with Crippen LogP contribution in [0.4, 0.5) is 25.8 Å². The molecule has 7 nitrogen and oxygen atoms in total. The number of nitrogens with one attached hydrogen (secondary N) is 3. The van der Waals surface area contributed by atoms with Gasteiger partial charge in [0.05, 0.1) is 22.9 Å². The van der Waals surface area contributed by atoms with Gasteiger partial charge in [0, 0.05) is 24.9 Å². The minimum absolute atomic E-state index is 0.0672. The lowest BCUT2D eigenvalue weighted by atomic mass is 9.70. The lowest BCUT2D eigenvalue weighted by Gasteiger charge is -2.46. The number of amides is 1. The van der Waals surface area contributed by atoms with E-state index < -0.39 is 35.3 Å². The highest BCUT2D eigenvalue weighted by Crippen LogP contribution is 2.50. The molecule has 2 atom stereocenters. The summed E-state index contributed by atoms with van der Waals surface area (Å²) in [6.45, 7) is 0. The van der Waals surface area contributed by atoms with E-state index in [1.165, 1.54) is 12.1 Å². The van der Waals surface area contributed by atoms with Crippen LogP contribution in [0.1, 0.15) is 54.1 Å². The Morgan fingerprint density at radius 2 is 1.54 bits per heavy atom. The Balaban J connectivity index is 1.61. The molecule has 39 heavy (non-hydrogen) atoms. The van der Waals surface area contributed by atoms with Crippen LogP contribution in [-0.2, 0) is 9.53 Å². The van der Waals surface area contributed by atoms with Gasteiger partial charge in [-0.1, -0.05) is 49.6 Å². The largest absolute Gasteiger partial charge is 0.478 e. The van der Waals surface area contributed by atoms with Crippen molar-refractivity contribution >= 4 is 28.9 Å². The van der Waals surface area contributed by atoms with Crippen LogP contribution >= 0.6 is 0 Å². The smallest absolute Gasteiger partial charge is 0.335 e. The molecule has 2 aliphatic rings. The lowest BCUT2D eigenvalue weighted by Crippen LogP contribution is -2.60. The van der Waals surface area contributed by atoms with Crippen LogP contribution in [0.15, 0.2) is 66.7 Å². The molecule has 1 amide bonds. The quantitative estimate of drug-likeness (QED) is 0.266. The number of ether oxygens (including phenoxy) is 1. The second-order valence-electron chi connectivity index (χ2n) is 10.2. The number of carboxylic acids is 1. The number of anilines is 3. The van der Waals surface area contributed by atoms with Gasteiger partial charge >= 0.3 is 5.97 Å². The molecule has 9 heteroatoms. The SMILES string of the molecule is COC(c1ccccc1)C1([C@@H](C(=O)Nc2ccc(C(=O)O)cc2)C2CCCCC2)Nc2cc(F)c(F)cc2N1. The maximum Gasteiger partial charge on any atom is 0.335 e. The number of aromatic carboxylic acids is 1. The average Bonchev–Trinajstić information content (AvgIpc) is 3.28. The van der Waals surface area contributed by atoms with Crippen molar-refractivity contribution in [2.45, 2.75) is 43.9 Å². The zero-order chi connectivity index (χ0) is 27.6. The fraction of sp³-hybridized carbons (Fsp3) is 0.333. The number of carbonyl (C=O) groups excluding carboxylic acids is 1. The van der Waals surface area contributed by atoms with Gasteiger partial charge in [0.1, 0.15) is 6.10 Å². The molecule has 3 aromatic carbocycles. The predicted octanol–water partition coefficient (Wildman–Crippen LogP) is 6.42. The molecule has 1 aliphatic carbocycles. The number of fused-ring (bicyclic) bond motifs is 1. The fourth-order valence-corrected chi connectivity index (χ4v) is 6.07. The van der Waals surface area contributed by atoms with Crippen LogP contribution in [-0.4, -0.2) is 29.8 Å². The van der Waals surface area contributed by atoms with Crippen LogP contribution in [0.25, 0.3) is 0 Å². The molecule has 0 spiro atoms. The first-order chi connectivity index (χ1) is 18.8. The van der Waals surface area contributed by atoms with Gasteiger partial charge in [0.15, 0.2) is 17.3 Å². The Kier molecular flexibility index (Phi) is 7.52. The molecule has 4 N–H and O–H groups in total. The molecule has 3 aromatic rings. The van der Waals surface area contributed by atoms with E-state index in [0.717, 1.165) is 49.8 Å². The van der Waals surface area contributed by atoms with Crippen molar-refractivity contribution in [1.82, 2.24) is 0 Å². The highest BCUT2D eigenvalue weighted by molar-refractivity contribution is 5.96. The summed E-state index contributed by atoms with van der Waals surface area (Å²) in [5, 5.41) is 19.0. The van der Waals surface area contributed by atoms with Crippen molar-refractivity contribution in [3.63, 3.8) is 0 Å². The number of benzene rings is 3.